The second kappa shape index (κ2) is 8.51. The van der Waals surface area contributed by atoms with Crippen LogP contribution >= 0.6 is 0 Å². The standard InChI is InChI=1S/C19H26N2O2/c1-3-4-5-6-7-8-18-20(2)13-14-21(18)15-16-9-11-17(12-10-16)19(22)23/h9-14H,3-8,15H2,1-2H3/p+1. The number of aromatic carboxylic acids is 1. The zero-order valence-electron chi connectivity index (χ0n) is 14.2. The van der Waals surface area contributed by atoms with Gasteiger partial charge in [-0.1, -0.05) is 44.7 Å². The van der Waals surface area contributed by atoms with Crippen molar-refractivity contribution < 1.29 is 14.5 Å². The Morgan fingerprint density at radius 2 is 1.83 bits per heavy atom. The third-order valence-corrected chi connectivity index (χ3v) is 4.27. The highest BCUT2D eigenvalue weighted by Crippen LogP contribution is 2.10. The Kier molecular flexibility index (Phi) is 6.39. The lowest BCUT2D eigenvalue weighted by molar-refractivity contribution is -0.678. The zero-order chi connectivity index (χ0) is 16.7. The molecule has 1 aromatic heterocycles. The monoisotopic (exact) mass is 315 g/mol. The molecule has 124 valence electrons. The third kappa shape index (κ3) is 4.95. The summed E-state index contributed by atoms with van der Waals surface area (Å²) >= 11 is 0. The van der Waals surface area contributed by atoms with E-state index in [0.717, 1.165) is 18.5 Å². The maximum atomic E-state index is 10.9. The van der Waals surface area contributed by atoms with Gasteiger partial charge in [-0.25, -0.2) is 13.9 Å². The summed E-state index contributed by atoms with van der Waals surface area (Å²) in [5.41, 5.74) is 1.46. The lowest BCUT2D eigenvalue weighted by atomic mass is 10.1. The van der Waals surface area contributed by atoms with Crippen molar-refractivity contribution in [2.75, 3.05) is 0 Å². The summed E-state index contributed by atoms with van der Waals surface area (Å²) in [6.07, 6.45) is 11.7. The summed E-state index contributed by atoms with van der Waals surface area (Å²) in [4.78, 5) is 10.9. The van der Waals surface area contributed by atoms with Crippen LogP contribution in [0.15, 0.2) is 36.7 Å². The van der Waals surface area contributed by atoms with Gasteiger partial charge < -0.3 is 5.11 Å². The maximum absolute atomic E-state index is 10.9. The Balaban J connectivity index is 1.98. The van der Waals surface area contributed by atoms with Crippen molar-refractivity contribution in [2.24, 2.45) is 7.05 Å². The molecule has 0 fully saturated rings. The quantitative estimate of drug-likeness (QED) is 0.568. The van der Waals surface area contributed by atoms with E-state index in [0.29, 0.717) is 5.56 Å². The molecule has 2 rings (SSSR count). The van der Waals surface area contributed by atoms with Crippen LogP contribution in [0.4, 0.5) is 0 Å². The van der Waals surface area contributed by atoms with Crippen LogP contribution in [0, 0.1) is 0 Å². The van der Waals surface area contributed by atoms with Crippen molar-refractivity contribution in [1.82, 2.24) is 4.57 Å². The van der Waals surface area contributed by atoms with Gasteiger partial charge >= 0.3 is 5.97 Å². The molecular weight excluding hydrogens is 288 g/mol. The van der Waals surface area contributed by atoms with Gasteiger partial charge in [0.05, 0.1) is 12.6 Å². The molecule has 0 atom stereocenters. The van der Waals surface area contributed by atoms with E-state index in [2.05, 4.69) is 35.5 Å². The van der Waals surface area contributed by atoms with Gasteiger partial charge in [0, 0.05) is 6.42 Å². The number of hydrogen-bond acceptors (Lipinski definition) is 1. The Morgan fingerprint density at radius 1 is 1.13 bits per heavy atom. The molecule has 0 aliphatic carbocycles. The van der Waals surface area contributed by atoms with E-state index in [1.165, 1.54) is 37.9 Å². The number of benzene rings is 1. The zero-order valence-corrected chi connectivity index (χ0v) is 14.2. The molecule has 0 bridgehead atoms. The molecule has 0 amide bonds. The second-order valence-corrected chi connectivity index (χ2v) is 6.12. The summed E-state index contributed by atoms with van der Waals surface area (Å²) in [5, 5.41) is 8.96. The molecule has 4 heteroatoms. The highest BCUT2D eigenvalue weighted by atomic mass is 16.4. The van der Waals surface area contributed by atoms with Crippen molar-refractivity contribution in [1.29, 1.82) is 0 Å². The Bertz CT molecular complexity index is 629. The van der Waals surface area contributed by atoms with Gasteiger partial charge in [-0.2, -0.15) is 0 Å². The van der Waals surface area contributed by atoms with Crippen LogP contribution in [0.25, 0.3) is 0 Å². The smallest absolute Gasteiger partial charge is 0.335 e. The van der Waals surface area contributed by atoms with E-state index in [9.17, 15) is 4.79 Å². The first-order valence-corrected chi connectivity index (χ1v) is 8.47. The minimum absolute atomic E-state index is 0.336. The Labute approximate surface area is 138 Å². The van der Waals surface area contributed by atoms with Crippen molar-refractivity contribution in [3.8, 4) is 0 Å². The van der Waals surface area contributed by atoms with Crippen molar-refractivity contribution in [3.05, 3.63) is 53.6 Å². The number of carbonyl (C=O) groups is 1. The van der Waals surface area contributed by atoms with Crippen molar-refractivity contribution >= 4 is 5.97 Å². The normalized spacial score (nSPS) is 10.9. The minimum Gasteiger partial charge on any atom is -0.478 e. The summed E-state index contributed by atoms with van der Waals surface area (Å²) < 4.78 is 4.45. The molecule has 1 aromatic carbocycles. The summed E-state index contributed by atoms with van der Waals surface area (Å²) in [5.74, 6) is 0.445. The van der Waals surface area contributed by atoms with Crippen molar-refractivity contribution in [2.45, 2.75) is 52.0 Å². The second-order valence-electron chi connectivity index (χ2n) is 6.12. The predicted octanol–water partition coefficient (Wildman–Crippen LogP) is 3.57. The number of aromatic nitrogens is 2. The Morgan fingerprint density at radius 3 is 2.48 bits per heavy atom. The van der Waals surface area contributed by atoms with Gasteiger partial charge in [0.15, 0.2) is 0 Å². The summed E-state index contributed by atoms with van der Waals surface area (Å²) in [7, 11) is 2.09. The number of aryl methyl sites for hydroxylation is 1. The number of rotatable bonds is 9. The van der Waals surface area contributed by atoms with E-state index in [1.807, 2.05) is 12.1 Å². The molecule has 1 heterocycles. The lowest BCUT2D eigenvalue weighted by Gasteiger charge is -2.04. The van der Waals surface area contributed by atoms with Gasteiger partial charge in [-0.05, 0) is 24.1 Å². The van der Waals surface area contributed by atoms with Crippen molar-refractivity contribution in [3.63, 3.8) is 0 Å². The van der Waals surface area contributed by atoms with Gasteiger partial charge in [-0.15, -0.1) is 0 Å². The van der Waals surface area contributed by atoms with Crippen LogP contribution in [-0.4, -0.2) is 15.6 Å². The third-order valence-electron chi connectivity index (χ3n) is 4.27. The fourth-order valence-electron chi connectivity index (χ4n) is 2.86. The molecule has 0 spiro atoms. The van der Waals surface area contributed by atoms with Crippen LogP contribution in [0.3, 0.4) is 0 Å². The molecule has 0 unspecified atom stereocenters. The molecule has 23 heavy (non-hydrogen) atoms. The number of imidazole rings is 1. The first kappa shape index (κ1) is 17.3. The molecule has 0 aliphatic heterocycles. The van der Waals surface area contributed by atoms with E-state index in [4.69, 9.17) is 5.11 Å². The fourth-order valence-corrected chi connectivity index (χ4v) is 2.86. The van der Waals surface area contributed by atoms with Gasteiger partial charge in [0.2, 0.25) is 0 Å². The van der Waals surface area contributed by atoms with Crippen LogP contribution in [0.1, 0.15) is 60.8 Å². The minimum atomic E-state index is -0.878. The average molecular weight is 315 g/mol. The van der Waals surface area contributed by atoms with E-state index >= 15 is 0 Å². The van der Waals surface area contributed by atoms with Crippen LogP contribution < -0.4 is 4.57 Å². The molecule has 4 nitrogen and oxygen atoms in total. The number of carboxylic acids is 1. The first-order valence-electron chi connectivity index (χ1n) is 8.47. The Hall–Kier alpha value is -2.10. The predicted molar refractivity (Wildman–Crippen MR) is 90.6 cm³/mol. The highest BCUT2D eigenvalue weighted by molar-refractivity contribution is 5.87. The maximum Gasteiger partial charge on any atom is 0.335 e. The summed E-state index contributed by atoms with van der Waals surface area (Å²) in [6, 6.07) is 7.14. The number of hydrogen-bond donors (Lipinski definition) is 1. The molecule has 0 aliphatic rings. The average Bonchev–Trinajstić information content (AvgIpc) is 2.88. The van der Waals surface area contributed by atoms with E-state index in [1.54, 1.807) is 12.1 Å². The molecule has 0 radical (unpaired) electrons. The van der Waals surface area contributed by atoms with E-state index in [-0.39, 0.29) is 0 Å². The van der Waals surface area contributed by atoms with Crippen LogP contribution in [0.5, 0.6) is 0 Å². The van der Waals surface area contributed by atoms with E-state index < -0.39 is 5.97 Å². The molecule has 1 N–H and O–H groups in total. The molecule has 2 aromatic rings. The number of nitrogens with zero attached hydrogens (tertiary/aromatic N) is 2. The fraction of sp³-hybridized carbons (Fsp3) is 0.474. The summed E-state index contributed by atoms with van der Waals surface area (Å²) in [6.45, 7) is 3.02. The number of carboxylic acid groups (broad SMARTS) is 1. The van der Waals surface area contributed by atoms with Crippen LogP contribution in [0.2, 0.25) is 0 Å². The molecular formula is C19H27N2O2+. The first-order chi connectivity index (χ1) is 11.1. The van der Waals surface area contributed by atoms with Gasteiger partial charge in [-0.3, -0.25) is 0 Å². The largest absolute Gasteiger partial charge is 0.478 e. The van der Waals surface area contributed by atoms with Gasteiger partial charge in [0.1, 0.15) is 18.9 Å². The highest BCUT2D eigenvalue weighted by Gasteiger charge is 2.14. The number of unbranched alkanes of at least 4 members (excludes halogenated alkanes) is 4. The lowest BCUT2D eigenvalue weighted by Crippen LogP contribution is -2.32. The SMILES string of the molecule is CCCCCCCc1n(Cc2ccc(C(=O)O)cc2)cc[n+]1C. The topological polar surface area (TPSA) is 46.1 Å². The molecule has 0 saturated carbocycles. The van der Waals surface area contributed by atoms with Crippen LogP contribution in [-0.2, 0) is 20.0 Å². The van der Waals surface area contributed by atoms with Gasteiger partial charge in [0.25, 0.3) is 5.82 Å². The molecule has 0 saturated heterocycles.